The highest BCUT2D eigenvalue weighted by Gasteiger charge is 2.49. The molecule has 1 aromatic heterocycles. The predicted molar refractivity (Wildman–Crippen MR) is 249 cm³/mol. The molecule has 4 bridgehead atoms. The van der Waals surface area contributed by atoms with E-state index in [-0.39, 0.29) is 73.1 Å². The number of hydrogen-bond acceptors (Lipinski definition) is 16. The smallest absolute Gasteiger partial charge is 0.326 e. The maximum atomic E-state index is 14.5. The molecule has 0 aliphatic carbocycles. The molecule has 4 aliphatic rings. The molecule has 386 valence electrons. The summed E-state index contributed by atoms with van der Waals surface area (Å²) in [6, 6.07) is -0.216. The third-order valence-electron chi connectivity index (χ3n) is 11.8. The van der Waals surface area contributed by atoms with Gasteiger partial charge in [-0.25, -0.2) is 9.78 Å². The number of nitrogens with two attached hydrogens (primary N) is 2. The minimum absolute atomic E-state index is 0.0583. The number of hydrogen-bond donors (Lipinski definition) is 14. The molecule has 4 aliphatic heterocycles. The third-order valence-corrected chi connectivity index (χ3v) is 11.8. The summed E-state index contributed by atoms with van der Waals surface area (Å²) >= 11 is 0. The number of aliphatic carboxylic acids is 1. The van der Waals surface area contributed by atoms with E-state index in [1.807, 2.05) is 27.7 Å². The van der Waals surface area contributed by atoms with Crippen LogP contribution in [0.15, 0.2) is 35.7 Å². The Morgan fingerprint density at radius 1 is 0.943 bits per heavy atom. The zero-order valence-corrected chi connectivity index (χ0v) is 40.1. The summed E-state index contributed by atoms with van der Waals surface area (Å²) in [6.45, 7) is 10.7. The Morgan fingerprint density at radius 2 is 1.70 bits per heavy atom. The lowest BCUT2D eigenvalue weighted by Crippen LogP contribution is -2.57. The molecule has 2 aromatic rings. The topological polar surface area (TPSA) is 389 Å². The van der Waals surface area contributed by atoms with E-state index in [9.17, 15) is 43.8 Å². The molecule has 1 aromatic carbocycles. The minimum atomic E-state index is -2.36. The van der Waals surface area contributed by atoms with E-state index in [2.05, 4.69) is 63.3 Å². The summed E-state index contributed by atoms with van der Waals surface area (Å²) in [5.74, 6) is -6.81. The van der Waals surface area contributed by atoms with Crippen LogP contribution in [0.2, 0.25) is 0 Å². The van der Waals surface area contributed by atoms with Gasteiger partial charge in [-0.1, -0.05) is 53.7 Å². The first-order valence-corrected chi connectivity index (χ1v) is 23.3. The van der Waals surface area contributed by atoms with Crippen LogP contribution in [0, 0.1) is 17.8 Å². The molecule has 6 amide bonds. The van der Waals surface area contributed by atoms with E-state index in [4.69, 9.17) is 26.0 Å². The first-order chi connectivity index (χ1) is 33.1. The molecular weight excluding hydrogens is 917 g/mol. The van der Waals surface area contributed by atoms with Crippen LogP contribution in [0.25, 0.3) is 0 Å². The number of rotatable bonds is 19. The van der Waals surface area contributed by atoms with Gasteiger partial charge in [-0.15, -0.1) is 0 Å². The molecule has 70 heavy (non-hydrogen) atoms. The molecule has 26 nitrogen and oxygen atoms in total. The van der Waals surface area contributed by atoms with Gasteiger partial charge < -0.3 is 58.6 Å². The Kier molecular flexibility index (Phi) is 19.5. The molecule has 16 N–H and O–H groups in total. The maximum Gasteiger partial charge on any atom is 0.326 e. The number of benzene rings is 1. The first kappa shape index (κ1) is 54.6. The second-order valence-corrected chi connectivity index (χ2v) is 18.7. The summed E-state index contributed by atoms with van der Waals surface area (Å²) in [5, 5.41) is 37.9. The second-order valence-electron chi connectivity index (χ2n) is 18.7. The fourth-order valence-corrected chi connectivity index (χ4v) is 8.12. The van der Waals surface area contributed by atoms with Crippen LogP contribution >= 0.6 is 0 Å². The molecule has 1 saturated heterocycles. The van der Waals surface area contributed by atoms with Gasteiger partial charge in [0.2, 0.25) is 29.5 Å². The van der Waals surface area contributed by atoms with Gasteiger partial charge in [-0.3, -0.25) is 48.3 Å². The number of aliphatic hydroxyl groups is 1. The van der Waals surface area contributed by atoms with Gasteiger partial charge in [0.1, 0.15) is 24.2 Å². The molecule has 0 radical (unpaired) electrons. The SMILES string of the molecule is CC(C)C[C@H]1NO[C@H](NC(=O)[C@@H]2CCC(=O)N2)[C@H](C(C)C)c2ccc3c(c2)NC(=O)[C@@]3(O)C[C@@H](C(=O)N[C@@H](CCCN=C(N)N)C(=O)NCC(=O)N[C@@H](Cc2cnc[nH]2)C(=O)O)NO[C@@H](C(C)C)NO1. The fourth-order valence-electron chi connectivity index (χ4n) is 8.12. The van der Waals surface area contributed by atoms with Gasteiger partial charge >= 0.3 is 5.97 Å². The van der Waals surface area contributed by atoms with E-state index in [0.29, 0.717) is 24.1 Å². The molecule has 0 saturated carbocycles. The van der Waals surface area contributed by atoms with Crippen molar-refractivity contribution in [3.63, 3.8) is 0 Å². The van der Waals surface area contributed by atoms with Crippen molar-refractivity contribution in [3.8, 4) is 0 Å². The molecular formula is C44H68N14O12. The average molecular weight is 985 g/mol. The maximum absolute atomic E-state index is 14.5. The number of anilines is 1. The third kappa shape index (κ3) is 15.1. The highest BCUT2D eigenvalue weighted by Crippen LogP contribution is 2.42. The van der Waals surface area contributed by atoms with Crippen LogP contribution in [0.3, 0.4) is 0 Å². The number of carbonyl (C=O) groups excluding carboxylic acids is 6. The zero-order valence-electron chi connectivity index (χ0n) is 40.1. The monoisotopic (exact) mass is 985 g/mol. The van der Waals surface area contributed by atoms with Crippen molar-refractivity contribution in [3.05, 3.63) is 47.5 Å². The fraction of sp³-hybridized carbons (Fsp3) is 0.614. The number of fused-ring (bicyclic) bond motifs is 12. The Hall–Kier alpha value is -6.29. The minimum Gasteiger partial charge on any atom is -0.480 e. The van der Waals surface area contributed by atoms with E-state index in [1.54, 1.807) is 26.0 Å². The molecule has 1 fully saturated rings. The van der Waals surface area contributed by atoms with Gasteiger partial charge in [-0.05, 0) is 55.1 Å². The van der Waals surface area contributed by atoms with Crippen molar-refractivity contribution in [2.45, 2.75) is 141 Å². The predicted octanol–water partition coefficient (Wildman–Crippen LogP) is -1.83. The summed E-state index contributed by atoms with van der Waals surface area (Å²) in [7, 11) is 0. The molecule has 9 atom stereocenters. The lowest BCUT2D eigenvalue weighted by Gasteiger charge is -2.34. The van der Waals surface area contributed by atoms with E-state index < -0.39 is 103 Å². The number of imidazole rings is 1. The van der Waals surface area contributed by atoms with E-state index in [0.717, 1.165) is 0 Å². The van der Waals surface area contributed by atoms with Crippen molar-refractivity contribution in [1.29, 1.82) is 0 Å². The normalized spacial score (nSPS) is 24.8. The number of guanidine groups is 1. The average Bonchev–Trinajstić information content (AvgIpc) is 4.03. The summed E-state index contributed by atoms with van der Waals surface area (Å²) in [6.07, 6.45) is 0.0482. The Bertz CT molecular complexity index is 2190. The number of nitrogens with zero attached hydrogens (tertiary/aromatic N) is 2. The van der Waals surface area contributed by atoms with Gasteiger partial charge in [0.05, 0.1) is 12.9 Å². The Balaban J connectivity index is 1.46. The summed E-state index contributed by atoms with van der Waals surface area (Å²) in [4.78, 5) is 122. The van der Waals surface area contributed by atoms with Gasteiger partial charge in [-0.2, -0.15) is 16.4 Å². The molecule has 5 heterocycles. The number of H-pyrrole nitrogens is 1. The highest BCUT2D eigenvalue weighted by molar-refractivity contribution is 6.05. The Morgan fingerprint density at radius 3 is 2.33 bits per heavy atom. The summed E-state index contributed by atoms with van der Waals surface area (Å²) in [5.41, 5.74) is 18.5. The van der Waals surface area contributed by atoms with Crippen molar-refractivity contribution in [1.82, 2.24) is 53.0 Å². The summed E-state index contributed by atoms with van der Waals surface area (Å²) < 4.78 is 0. The van der Waals surface area contributed by atoms with Crippen molar-refractivity contribution < 1.29 is 58.3 Å². The van der Waals surface area contributed by atoms with Crippen molar-refractivity contribution in [2.75, 3.05) is 18.4 Å². The number of nitrogens with one attached hydrogen (secondary N) is 10. The largest absolute Gasteiger partial charge is 0.480 e. The van der Waals surface area contributed by atoms with Crippen LogP contribution in [0.1, 0.15) is 103 Å². The van der Waals surface area contributed by atoms with Gasteiger partial charge in [0, 0.05) is 54.9 Å². The second kappa shape index (κ2) is 25.0. The van der Waals surface area contributed by atoms with Gasteiger partial charge in [0.15, 0.2) is 30.2 Å². The molecule has 6 rings (SSSR count). The number of aliphatic imine (C=N–C) groups is 1. The van der Waals surface area contributed by atoms with Crippen LogP contribution in [0.5, 0.6) is 0 Å². The number of hydroxylamine groups is 3. The van der Waals surface area contributed by atoms with Crippen molar-refractivity contribution in [2.24, 2.45) is 34.2 Å². The number of amides is 6. The van der Waals surface area contributed by atoms with Gasteiger partial charge in [0.25, 0.3) is 5.91 Å². The lowest BCUT2D eigenvalue weighted by atomic mass is 9.83. The van der Waals surface area contributed by atoms with Crippen LogP contribution in [-0.4, -0.2) is 123 Å². The Labute approximate surface area is 404 Å². The standard InChI is InChI=1S/C44H68N14O12/c1-21(2)14-34-57-70-40(55-37(62)28-11-12-32(59)51-28)35(22(3)4)24-9-10-26-29(15-24)54-42(66)44(26,67)17-31(56-69-39(23(5)6)58-68-34)38(63)53-27(8-7-13-48-43(45)46)36(61)49-19-33(60)52-30(41(64)65)16-25-18-47-20-50-25/h9-10,15,18,20-23,27-28,30-31,34-35,39-40,56-58,67H,7-8,11-14,16-17,19H2,1-6H3,(H,47,50)(H,49,61)(H,51,59)(H,52,60)(H,53,63)(H,54,66)(H,55,62)(H,64,65)(H4,45,46,48)/t27-,28-,30-,31-,34-,35+,39-,40-,44+/m0/s1. The molecule has 0 unspecified atom stereocenters. The number of aromatic amines is 1. The quantitative estimate of drug-likeness (QED) is 0.0418. The van der Waals surface area contributed by atoms with Crippen LogP contribution in [-0.2, 0) is 60.1 Å². The van der Waals surface area contributed by atoms with Crippen molar-refractivity contribution >= 4 is 53.1 Å². The number of aromatic nitrogens is 2. The molecule has 0 spiro atoms. The molecule has 26 heteroatoms. The van der Waals surface area contributed by atoms with E-state index in [1.165, 1.54) is 18.6 Å². The lowest BCUT2D eigenvalue weighted by molar-refractivity contribution is -0.213. The van der Waals surface area contributed by atoms with Crippen LogP contribution in [0.4, 0.5) is 5.69 Å². The first-order valence-electron chi connectivity index (χ1n) is 23.3. The number of carboxylic acid groups (broad SMARTS) is 1. The highest BCUT2D eigenvalue weighted by atomic mass is 16.8. The number of carbonyl (C=O) groups is 7. The zero-order chi connectivity index (χ0) is 51.3. The van der Waals surface area contributed by atoms with Crippen LogP contribution < -0.4 is 59.8 Å². The van der Waals surface area contributed by atoms with E-state index >= 15 is 0 Å². The number of carboxylic acids is 1.